The van der Waals surface area contributed by atoms with Crippen molar-refractivity contribution in [2.24, 2.45) is 5.92 Å². The molecule has 0 radical (unpaired) electrons. The van der Waals surface area contributed by atoms with Crippen LogP contribution in [0.4, 0.5) is 0 Å². The van der Waals surface area contributed by atoms with Crippen molar-refractivity contribution in [2.75, 3.05) is 25.9 Å². The molecule has 1 fully saturated rings. The molecule has 1 rings (SSSR count). The van der Waals surface area contributed by atoms with E-state index in [1.165, 1.54) is 0 Å². The van der Waals surface area contributed by atoms with Crippen molar-refractivity contribution in [3.8, 4) is 0 Å². The van der Waals surface area contributed by atoms with Gasteiger partial charge >= 0.3 is 0 Å². The average molecular weight is 243 g/mol. The van der Waals surface area contributed by atoms with Crippen LogP contribution in [0, 0.1) is 5.92 Å². The van der Waals surface area contributed by atoms with Crippen LogP contribution in [0.1, 0.15) is 19.3 Å². The Balaban J connectivity index is 0.00000169. The largest absolute Gasteiger partial charge is 0.320 e. The maximum Gasteiger partial charge on any atom is 0.211 e. The van der Waals surface area contributed by atoms with Crippen LogP contribution in [0.15, 0.2) is 0 Å². The van der Waals surface area contributed by atoms with Gasteiger partial charge in [-0.2, -0.15) is 0 Å². The summed E-state index contributed by atoms with van der Waals surface area (Å²) in [6, 6.07) is 0. The standard InChI is InChI=1S/C8H18N2O2S.ClH/c1-9-5-2-6-10-13(11,12)7-8-3-4-8;/h8-10H,2-7H2,1H3;1H. The van der Waals surface area contributed by atoms with E-state index in [0.717, 1.165) is 25.8 Å². The molecule has 4 nitrogen and oxygen atoms in total. The Kier molecular flexibility index (Phi) is 6.68. The van der Waals surface area contributed by atoms with Gasteiger partial charge in [0.1, 0.15) is 0 Å². The van der Waals surface area contributed by atoms with Crippen molar-refractivity contribution in [3.05, 3.63) is 0 Å². The Morgan fingerprint density at radius 2 is 1.93 bits per heavy atom. The highest BCUT2D eigenvalue weighted by atomic mass is 35.5. The molecule has 0 aliphatic heterocycles. The highest BCUT2D eigenvalue weighted by molar-refractivity contribution is 7.89. The van der Waals surface area contributed by atoms with E-state index in [4.69, 9.17) is 0 Å². The molecule has 0 amide bonds. The molecule has 0 spiro atoms. The number of hydrogen-bond acceptors (Lipinski definition) is 3. The molecular weight excluding hydrogens is 224 g/mol. The zero-order valence-corrected chi connectivity index (χ0v) is 10.1. The lowest BCUT2D eigenvalue weighted by Crippen LogP contribution is -2.29. The van der Waals surface area contributed by atoms with Crippen LogP contribution in [0.2, 0.25) is 0 Å². The van der Waals surface area contributed by atoms with Gasteiger partial charge in [-0.25, -0.2) is 13.1 Å². The molecule has 2 N–H and O–H groups in total. The molecule has 0 bridgehead atoms. The van der Waals surface area contributed by atoms with Crippen LogP contribution in [0.5, 0.6) is 0 Å². The Morgan fingerprint density at radius 3 is 2.43 bits per heavy atom. The van der Waals surface area contributed by atoms with Gasteiger partial charge in [-0.05, 0) is 38.8 Å². The number of rotatable bonds is 7. The maximum atomic E-state index is 11.3. The number of sulfonamides is 1. The number of hydrogen-bond donors (Lipinski definition) is 2. The quantitative estimate of drug-likeness (QED) is 0.634. The van der Waals surface area contributed by atoms with Crippen LogP contribution in [0.25, 0.3) is 0 Å². The van der Waals surface area contributed by atoms with Gasteiger partial charge in [0, 0.05) is 6.54 Å². The fraction of sp³-hybridized carbons (Fsp3) is 1.00. The monoisotopic (exact) mass is 242 g/mol. The lowest BCUT2D eigenvalue weighted by Gasteiger charge is -2.04. The Bertz CT molecular complexity index is 240. The molecule has 86 valence electrons. The normalized spacial score (nSPS) is 16.4. The van der Waals surface area contributed by atoms with Crippen LogP contribution in [-0.4, -0.2) is 34.3 Å². The fourth-order valence-electron chi connectivity index (χ4n) is 1.15. The minimum Gasteiger partial charge on any atom is -0.320 e. The molecule has 0 saturated heterocycles. The number of nitrogens with one attached hydrogen (secondary N) is 2. The van der Waals surface area contributed by atoms with Gasteiger partial charge in [0.2, 0.25) is 10.0 Å². The van der Waals surface area contributed by atoms with Crippen molar-refractivity contribution in [2.45, 2.75) is 19.3 Å². The van der Waals surface area contributed by atoms with Crippen LogP contribution in [0.3, 0.4) is 0 Å². The van der Waals surface area contributed by atoms with E-state index < -0.39 is 10.0 Å². The average Bonchev–Trinajstić information content (AvgIpc) is 2.81. The summed E-state index contributed by atoms with van der Waals surface area (Å²) >= 11 is 0. The van der Waals surface area contributed by atoms with E-state index in [0.29, 0.717) is 18.2 Å². The van der Waals surface area contributed by atoms with E-state index in [1.807, 2.05) is 7.05 Å². The summed E-state index contributed by atoms with van der Waals surface area (Å²) in [5.41, 5.74) is 0. The highest BCUT2D eigenvalue weighted by Crippen LogP contribution is 2.29. The molecule has 1 aliphatic rings. The summed E-state index contributed by atoms with van der Waals surface area (Å²) in [6.45, 7) is 1.40. The van der Waals surface area contributed by atoms with E-state index in [9.17, 15) is 8.42 Å². The van der Waals surface area contributed by atoms with Gasteiger partial charge in [-0.3, -0.25) is 0 Å². The van der Waals surface area contributed by atoms with Gasteiger partial charge in [0.25, 0.3) is 0 Å². The molecular formula is C8H19ClN2O2S. The van der Waals surface area contributed by atoms with Crippen molar-refractivity contribution in [3.63, 3.8) is 0 Å². The second kappa shape index (κ2) is 6.61. The van der Waals surface area contributed by atoms with Gasteiger partial charge in [-0.1, -0.05) is 0 Å². The van der Waals surface area contributed by atoms with Gasteiger partial charge in [-0.15, -0.1) is 12.4 Å². The Labute approximate surface area is 92.3 Å². The van der Waals surface area contributed by atoms with Crippen LogP contribution >= 0.6 is 12.4 Å². The van der Waals surface area contributed by atoms with Crippen molar-refractivity contribution in [1.82, 2.24) is 10.0 Å². The second-order valence-electron chi connectivity index (χ2n) is 3.58. The first-order chi connectivity index (χ1) is 6.14. The minimum atomic E-state index is -2.98. The molecule has 0 unspecified atom stereocenters. The summed E-state index contributed by atoms with van der Waals surface area (Å²) in [4.78, 5) is 0. The smallest absolute Gasteiger partial charge is 0.211 e. The molecule has 14 heavy (non-hydrogen) atoms. The predicted octanol–water partition coefficient (Wildman–Crippen LogP) is 0.347. The summed E-state index contributed by atoms with van der Waals surface area (Å²) in [6.07, 6.45) is 3.01. The van der Waals surface area contributed by atoms with E-state index in [-0.39, 0.29) is 12.4 Å². The summed E-state index contributed by atoms with van der Waals surface area (Å²) in [5.74, 6) is 0.758. The van der Waals surface area contributed by atoms with E-state index in [1.54, 1.807) is 0 Å². The maximum absolute atomic E-state index is 11.3. The van der Waals surface area contributed by atoms with E-state index in [2.05, 4.69) is 10.0 Å². The Morgan fingerprint density at radius 1 is 1.29 bits per heavy atom. The topological polar surface area (TPSA) is 58.2 Å². The first kappa shape index (κ1) is 14.2. The zero-order valence-electron chi connectivity index (χ0n) is 8.45. The summed E-state index contributed by atoms with van der Waals surface area (Å²) in [7, 11) is -1.12. The highest BCUT2D eigenvalue weighted by Gasteiger charge is 2.27. The lowest BCUT2D eigenvalue weighted by atomic mass is 10.4. The second-order valence-corrected chi connectivity index (χ2v) is 5.43. The SMILES string of the molecule is CNCCCNS(=O)(=O)CC1CC1.Cl. The van der Waals surface area contributed by atoms with Gasteiger partial charge in [0.15, 0.2) is 0 Å². The van der Waals surface area contributed by atoms with Crippen LogP contribution < -0.4 is 10.0 Å². The van der Waals surface area contributed by atoms with Crippen molar-refractivity contribution in [1.29, 1.82) is 0 Å². The predicted molar refractivity (Wildman–Crippen MR) is 60.3 cm³/mol. The number of halogens is 1. The third-order valence-electron chi connectivity index (χ3n) is 2.08. The summed E-state index contributed by atoms with van der Waals surface area (Å²) < 4.78 is 25.2. The molecule has 6 heteroatoms. The molecule has 0 atom stereocenters. The summed E-state index contributed by atoms with van der Waals surface area (Å²) in [5, 5.41) is 2.97. The lowest BCUT2D eigenvalue weighted by molar-refractivity contribution is 0.573. The third-order valence-corrected chi connectivity index (χ3v) is 3.63. The van der Waals surface area contributed by atoms with Crippen molar-refractivity contribution < 1.29 is 8.42 Å². The molecule has 0 aromatic heterocycles. The van der Waals surface area contributed by atoms with Crippen molar-refractivity contribution >= 4 is 22.4 Å². The van der Waals surface area contributed by atoms with Gasteiger partial charge in [0.05, 0.1) is 5.75 Å². The third kappa shape index (κ3) is 6.59. The van der Waals surface area contributed by atoms with E-state index >= 15 is 0 Å². The first-order valence-electron chi connectivity index (χ1n) is 4.76. The molecule has 0 aromatic rings. The first-order valence-corrected chi connectivity index (χ1v) is 6.41. The zero-order chi connectivity index (χ0) is 9.73. The molecule has 1 saturated carbocycles. The minimum absolute atomic E-state index is 0. The van der Waals surface area contributed by atoms with Crippen LogP contribution in [-0.2, 0) is 10.0 Å². The van der Waals surface area contributed by atoms with Gasteiger partial charge < -0.3 is 5.32 Å². The molecule has 1 aliphatic carbocycles. The molecule has 0 aromatic carbocycles. The molecule has 0 heterocycles. The fourth-order valence-corrected chi connectivity index (χ4v) is 2.67. The Hall–Kier alpha value is 0.160.